The van der Waals surface area contributed by atoms with Crippen molar-refractivity contribution in [2.45, 2.75) is 39.7 Å². The van der Waals surface area contributed by atoms with Crippen LogP contribution in [0.25, 0.3) is 0 Å². The standard InChI is InChI=1S/C12H22N4S/c1-9-5-4-6-16(8-9)10(2)7-13-12-14-11(3)15-17-12/h9-10H,4-8H2,1-3H3,(H,13,14,15). The molecule has 96 valence electrons. The molecule has 1 fully saturated rings. The first-order chi connectivity index (χ1) is 8.15. The maximum Gasteiger partial charge on any atom is 0.202 e. The maximum atomic E-state index is 4.32. The molecule has 2 rings (SSSR count). The van der Waals surface area contributed by atoms with Gasteiger partial charge >= 0.3 is 0 Å². The van der Waals surface area contributed by atoms with Crippen molar-refractivity contribution in [3.63, 3.8) is 0 Å². The molecule has 1 aliphatic rings. The molecular weight excluding hydrogens is 232 g/mol. The molecule has 1 saturated heterocycles. The van der Waals surface area contributed by atoms with Crippen LogP contribution < -0.4 is 5.32 Å². The van der Waals surface area contributed by atoms with Crippen molar-refractivity contribution >= 4 is 16.7 Å². The minimum Gasteiger partial charge on any atom is -0.359 e. The highest BCUT2D eigenvalue weighted by atomic mass is 32.1. The Morgan fingerprint density at radius 2 is 2.41 bits per heavy atom. The quantitative estimate of drug-likeness (QED) is 0.895. The van der Waals surface area contributed by atoms with E-state index < -0.39 is 0 Å². The van der Waals surface area contributed by atoms with Crippen LogP contribution in [-0.2, 0) is 0 Å². The van der Waals surface area contributed by atoms with E-state index in [1.54, 1.807) is 0 Å². The third-order valence-corrected chi connectivity index (χ3v) is 4.15. The van der Waals surface area contributed by atoms with Gasteiger partial charge in [0.15, 0.2) is 0 Å². The zero-order valence-corrected chi connectivity index (χ0v) is 11.8. The molecule has 0 spiro atoms. The maximum absolute atomic E-state index is 4.32. The van der Waals surface area contributed by atoms with E-state index in [2.05, 4.69) is 33.4 Å². The second-order valence-corrected chi connectivity index (χ2v) is 5.87. The fourth-order valence-electron chi connectivity index (χ4n) is 2.36. The summed E-state index contributed by atoms with van der Waals surface area (Å²) in [6.45, 7) is 10.00. The highest BCUT2D eigenvalue weighted by molar-refractivity contribution is 7.09. The van der Waals surface area contributed by atoms with Gasteiger partial charge in [-0.25, -0.2) is 4.98 Å². The van der Waals surface area contributed by atoms with Crippen LogP contribution in [0.2, 0.25) is 0 Å². The number of nitrogens with zero attached hydrogens (tertiary/aromatic N) is 3. The molecule has 1 aromatic heterocycles. The second kappa shape index (κ2) is 5.78. The molecule has 2 heterocycles. The molecule has 1 aliphatic heterocycles. The van der Waals surface area contributed by atoms with Crippen molar-refractivity contribution in [1.82, 2.24) is 14.3 Å². The van der Waals surface area contributed by atoms with Crippen LogP contribution in [0.15, 0.2) is 0 Å². The molecule has 2 atom stereocenters. The van der Waals surface area contributed by atoms with E-state index in [1.807, 2.05) is 6.92 Å². The first-order valence-corrected chi connectivity index (χ1v) is 7.20. The summed E-state index contributed by atoms with van der Waals surface area (Å²) in [5.74, 6) is 1.70. The SMILES string of the molecule is Cc1nsc(NCC(C)N2CCCC(C)C2)n1. The van der Waals surface area contributed by atoms with Crippen LogP contribution in [0.1, 0.15) is 32.5 Å². The van der Waals surface area contributed by atoms with Crippen molar-refractivity contribution in [2.75, 3.05) is 25.0 Å². The molecule has 1 N–H and O–H groups in total. The van der Waals surface area contributed by atoms with E-state index in [1.165, 1.54) is 37.5 Å². The van der Waals surface area contributed by atoms with Gasteiger partial charge in [0.25, 0.3) is 0 Å². The summed E-state index contributed by atoms with van der Waals surface area (Å²) in [7, 11) is 0. The van der Waals surface area contributed by atoms with Crippen molar-refractivity contribution in [1.29, 1.82) is 0 Å². The Bertz CT molecular complexity index is 352. The van der Waals surface area contributed by atoms with Crippen LogP contribution in [0, 0.1) is 12.8 Å². The van der Waals surface area contributed by atoms with Gasteiger partial charge in [-0.1, -0.05) is 6.92 Å². The molecule has 2 unspecified atom stereocenters. The molecule has 1 aromatic rings. The van der Waals surface area contributed by atoms with Crippen LogP contribution in [0.4, 0.5) is 5.13 Å². The van der Waals surface area contributed by atoms with Gasteiger partial charge in [-0.15, -0.1) is 0 Å². The third kappa shape index (κ3) is 3.64. The summed E-state index contributed by atoms with van der Waals surface area (Å²) >= 11 is 1.45. The van der Waals surface area contributed by atoms with Gasteiger partial charge < -0.3 is 5.32 Å². The zero-order valence-electron chi connectivity index (χ0n) is 10.9. The molecule has 0 aliphatic carbocycles. The number of hydrogen-bond donors (Lipinski definition) is 1. The normalized spacial score (nSPS) is 23.6. The smallest absolute Gasteiger partial charge is 0.202 e. The molecule has 5 heteroatoms. The average molecular weight is 254 g/mol. The van der Waals surface area contributed by atoms with E-state index in [0.29, 0.717) is 6.04 Å². The summed E-state index contributed by atoms with van der Waals surface area (Å²) in [5.41, 5.74) is 0. The van der Waals surface area contributed by atoms with Crippen LogP contribution >= 0.6 is 11.5 Å². The minimum absolute atomic E-state index is 0.571. The molecule has 0 aromatic carbocycles. The van der Waals surface area contributed by atoms with Gasteiger partial charge in [0.05, 0.1) is 0 Å². The first kappa shape index (κ1) is 12.8. The molecule has 0 bridgehead atoms. The van der Waals surface area contributed by atoms with E-state index in [9.17, 15) is 0 Å². The Morgan fingerprint density at radius 1 is 1.59 bits per heavy atom. The Balaban J connectivity index is 1.78. The van der Waals surface area contributed by atoms with Gasteiger partial charge in [-0.2, -0.15) is 4.37 Å². The number of hydrogen-bond acceptors (Lipinski definition) is 5. The fraction of sp³-hybridized carbons (Fsp3) is 0.833. The predicted octanol–water partition coefficient (Wildman–Crippen LogP) is 2.38. The molecule has 0 saturated carbocycles. The zero-order chi connectivity index (χ0) is 12.3. The average Bonchev–Trinajstić information content (AvgIpc) is 2.72. The lowest BCUT2D eigenvalue weighted by Gasteiger charge is -2.35. The van der Waals surface area contributed by atoms with Crippen molar-refractivity contribution in [2.24, 2.45) is 5.92 Å². The number of nitrogens with one attached hydrogen (secondary N) is 1. The monoisotopic (exact) mass is 254 g/mol. The van der Waals surface area contributed by atoms with Crippen LogP contribution in [0.5, 0.6) is 0 Å². The van der Waals surface area contributed by atoms with Gasteiger partial charge in [-0.3, -0.25) is 4.90 Å². The molecule has 4 nitrogen and oxygen atoms in total. The number of anilines is 1. The number of rotatable bonds is 4. The van der Waals surface area contributed by atoms with Gasteiger partial charge in [0.2, 0.25) is 5.13 Å². The second-order valence-electron chi connectivity index (χ2n) is 5.12. The number of aromatic nitrogens is 2. The lowest BCUT2D eigenvalue weighted by atomic mass is 9.99. The summed E-state index contributed by atoms with van der Waals surface area (Å²) in [6.07, 6.45) is 2.72. The Morgan fingerprint density at radius 3 is 3.06 bits per heavy atom. The third-order valence-electron chi connectivity index (χ3n) is 3.39. The summed E-state index contributed by atoms with van der Waals surface area (Å²) in [6, 6.07) is 0.571. The predicted molar refractivity (Wildman–Crippen MR) is 72.6 cm³/mol. The minimum atomic E-state index is 0.571. The fourth-order valence-corrected chi connectivity index (χ4v) is 2.94. The highest BCUT2D eigenvalue weighted by Gasteiger charge is 2.20. The molecule has 0 amide bonds. The summed E-state index contributed by atoms with van der Waals surface area (Å²) in [5, 5.41) is 4.32. The van der Waals surface area contributed by atoms with Crippen LogP contribution in [-0.4, -0.2) is 39.9 Å². The van der Waals surface area contributed by atoms with Crippen molar-refractivity contribution in [3.8, 4) is 0 Å². The molecule has 17 heavy (non-hydrogen) atoms. The molecule has 0 radical (unpaired) electrons. The van der Waals surface area contributed by atoms with E-state index in [0.717, 1.165) is 23.4 Å². The highest BCUT2D eigenvalue weighted by Crippen LogP contribution is 2.18. The largest absolute Gasteiger partial charge is 0.359 e. The Labute approximate surface area is 108 Å². The first-order valence-electron chi connectivity index (χ1n) is 6.43. The van der Waals surface area contributed by atoms with Crippen LogP contribution in [0.3, 0.4) is 0 Å². The van der Waals surface area contributed by atoms with Gasteiger partial charge in [0, 0.05) is 30.7 Å². The van der Waals surface area contributed by atoms with E-state index >= 15 is 0 Å². The van der Waals surface area contributed by atoms with E-state index in [-0.39, 0.29) is 0 Å². The number of aryl methyl sites for hydroxylation is 1. The lowest BCUT2D eigenvalue weighted by molar-refractivity contribution is 0.144. The van der Waals surface area contributed by atoms with Gasteiger partial charge in [-0.05, 0) is 39.2 Å². The Hall–Kier alpha value is -0.680. The number of likely N-dealkylation sites (tertiary alicyclic amines) is 1. The van der Waals surface area contributed by atoms with Gasteiger partial charge in [0.1, 0.15) is 5.82 Å². The van der Waals surface area contributed by atoms with Crippen molar-refractivity contribution < 1.29 is 0 Å². The topological polar surface area (TPSA) is 41.1 Å². The van der Waals surface area contributed by atoms with E-state index in [4.69, 9.17) is 0 Å². The van der Waals surface area contributed by atoms with Crippen molar-refractivity contribution in [3.05, 3.63) is 5.82 Å². The summed E-state index contributed by atoms with van der Waals surface area (Å²) in [4.78, 5) is 6.90. The Kier molecular flexibility index (Phi) is 4.34. The summed E-state index contributed by atoms with van der Waals surface area (Å²) < 4.78 is 4.17. The lowest BCUT2D eigenvalue weighted by Crippen LogP contribution is -2.43. The molecular formula is C12H22N4S. The number of piperidine rings is 1.